The lowest BCUT2D eigenvalue weighted by molar-refractivity contribution is 0.230. The van der Waals surface area contributed by atoms with E-state index in [1.807, 2.05) is 29.0 Å². The number of hydrogen-bond acceptors (Lipinski definition) is 4. The molecule has 2 aromatic rings. The van der Waals surface area contributed by atoms with Crippen molar-refractivity contribution in [2.24, 2.45) is 5.73 Å². The van der Waals surface area contributed by atoms with Crippen LogP contribution in [0.15, 0.2) is 24.4 Å². The minimum Gasteiger partial charge on any atom is -0.490 e. The molecule has 22 heavy (non-hydrogen) atoms. The number of hydrogen-bond donors (Lipinski definition) is 1. The first-order chi connectivity index (χ1) is 10.7. The van der Waals surface area contributed by atoms with Crippen LogP contribution in [0.4, 0.5) is 4.39 Å². The van der Waals surface area contributed by atoms with Crippen LogP contribution >= 0.6 is 0 Å². The summed E-state index contributed by atoms with van der Waals surface area (Å²) in [5.74, 6) is 2.23. The Morgan fingerprint density at radius 1 is 1.23 bits per heavy atom. The number of alkyl halides is 1. The van der Waals surface area contributed by atoms with Crippen LogP contribution in [0.5, 0.6) is 11.5 Å². The lowest BCUT2D eigenvalue weighted by atomic mass is 10.1. The average molecular weight is 303 g/mol. The molecular weight excluding hydrogens is 285 g/mol. The third kappa shape index (κ3) is 2.33. The molecule has 0 bridgehead atoms. The standard InChI is InChI=1S/C16H18FN3O2/c17-11-7-12(18)16-19-13(9-20(16)8-11)10-2-3-14-15(6-10)22-5-1-4-21-14/h2-3,6,9,11-12H,1,4-5,7-8,18H2. The number of benzene rings is 1. The van der Waals surface area contributed by atoms with E-state index in [4.69, 9.17) is 15.2 Å². The van der Waals surface area contributed by atoms with E-state index < -0.39 is 6.17 Å². The molecule has 0 aliphatic carbocycles. The van der Waals surface area contributed by atoms with E-state index in [0.717, 1.165) is 35.0 Å². The van der Waals surface area contributed by atoms with Gasteiger partial charge in [0.15, 0.2) is 11.5 Å². The van der Waals surface area contributed by atoms with E-state index in [0.29, 0.717) is 26.2 Å². The molecule has 116 valence electrons. The van der Waals surface area contributed by atoms with Crippen molar-refractivity contribution in [1.29, 1.82) is 0 Å². The smallest absolute Gasteiger partial charge is 0.161 e. The van der Waals surface area contributed by atoms with E-state index >= 15 is 0 Å². The monoisotopic (exact) mass is 303 g/mol. The summed E-state index contributed by atoms with van der Waals surface area (Å²) in [6.45, 7) is 1.63. The fourth-order valence-corrected chi connectivity index (χ4v) is 3.00. The predicted molar refractivity (Wildman–Crippen MR) is 79.7 cm³/mol. The van der Waals surface area contributed by atoms with Crippen LogP contribution in [0.2, 0.25) is 0 Å². The van der Waals surface area contributed by atoms with E-state index in [9.17, 15) is 4.39 Å². The third-order valence-corrected chi connectivity index (χ3v) is 4.09. The highest BCUT2D eigenvalue weighted by Gasteiger charge is 2.26. The van der Waals surface area contributed by atoms with Gasteiger partial charge in [-0.1, -0.05) is 0 Å². The van der Waals surface area contributed by atoms with Gasteiger partial charge in [0.05, 0.1) is 31.5 Å². The maximum absolute atomic E-state index is 13.6. The van der Waals surface area contributed by atoms with Crippen molar-refractivity contribution < 1.29 is 13.9 Å². The summed E-state index contributed by atoms with van der Waals surface area (Å²) >= 11 is 0. The minimum atomic E-state index is -0.909. The quantitative estimate of drug-likeness (QED) is 0.879. The van der Waals surface area contributed by atoms with Crippen molar-refractivity contribution >= 4 is 0 Å². The topological polar surface area (TPSA) is 62.3 Å². The normalized spacial score (nSPS) is 23.7. The second-order valence-corrected chi connectivity index (χ2v) is 5.79. The molecule has 2 aliphatic heterocycles. The SMILES string of the molecule is NC1CC(F)Cn2cc(-c3ccc4c(c3)OCCCO4)nc21. The number of halogens is 1. The molecule has 6 heteroatoms. The lowest BCUT2D eigenvalue weighted by Crippen LogP contribution is -2.29. The van der Waals surface area contributed by atoms with Gasteiger partial charge in [-0.15, -0.1) is 0 Å². The zero-order valence-electron chi connectivity index (χ0n) is 12.2. The van der Waals surface area contributed by atoms with Crippen molar-refractivity contribution in [3.8, 4) is 22.8 Å². The van der Waals surface area contributed by atoms with Gasteiger partial charge in [-0.2, -0.15) is 0 Å². The summed E-state index contributed by atoms with van der Waals surface area (Å²) in [5.41, 5.74) is 7.70. The van der Waals surface area contributed by atoms with Crippen LogP contribution in [0, 0.1) is 0 Å². The van der Waals surface area contributed by atoms with Crippen LogP contribution in [0.1, 0.15) is 24.7 Å². The number of nitrogens with zero attached hydrogens (tertiary/aromatic N) is 2. The van der Waals surface area contributed by atoms with Gasteiger partial charge in [0, 0.05) is 24.6 Å². The van der Waals surface area contributed by atoms with Gasteiger partial charge in [0.25, 0.3) is 0 Å². The first-order valence-electron chi connectivity index (χ1n) is 7.57. The Balaban J connectivity index is 1.71. The van der Waals surface area contributed by atoms with Crippen LogP contribution in [-0.4, -0.2) is 28.9 Å². The Kier molecular flexibility index (Phi) is 3.26. The van der Waals surface area contributed by atoms with Crippen molar-refractivity contribution in [2.75, 3.05) is 13.2 Å². The average Bonchev–Trinajstić information content (AvgIpc) is 2.78. The molecule has 5 nitrogen and oxygen atoms in total. The van der Waals surface area contributed by atoms with Gasteiger partial charge in [0.2, 0.25) is 0 Å². The van der Waals surface area contributed by atoms with Gasteiger partial charge < -0.3 is 19.8 Å². The third-order valence-electron chi connectivity index (χ3n) is 4.09. The Morgan fingerprint density at radius 2 is 2.05 bits per heavy atom. The molecule has 0 fully saturated rings. The summed E-state index contributed by atoms with van der Waals surface area (Å²) in [7, 11) is 0. The van der Waals surface area contributed by atoms with E-state index in [2.05, 4.69) is 4.98 Å². The first-order valence-corrected chi connectivity index (χ1v) is 7.57. The maximum Gasteiger partial charge on any atom is 0.161 e. The van der Waals surface area contributed by atoms with Gasteiger partial charge in [0.1, 0.15) is 12.0 Å². The van der Waals surface area contributed by atoms with Crippen molar-refractivity contribution in [1.82, 2.24) is 9.55 Å². The van der Waals surface area contributed by atoms with Gasteiger partial charge in [-0.3, -0.25) is 0 Å². The number of fused-ring (bicyclic) bond motifs is 2. The fourth-order valence-electron chi connectivity index (χ4n) is 3.00. The van der Waals surface area contributed by atoms with Gasteiger partial charge in [-0.25, -0.2) is 9.37 Å². The molecule has 0 amide bonds. The summed E-state index contributed by atoms with van der Waals surface area (Å²) in [6, 6.07) is 5.41. The largest absolute Gasteiger partial charge is 0.490 e. The highest BCUT2D eigenvalue weighted by molar-refractivity contribution is 5.64. The highest BCUT2D eigenvalue weighted by Crippen LogP contribution is 2.35. The van der Waals surface area contributed by atoms with E-state index in [-0.39, 0.29) is 6.04 Å². The molecule has 3 heterocycles. The fraction of sp³-hybridized carbons (Fsp3) is 0.438. The molecular formula is C16H18FN3O2. The Labute approximate surface area is 127 Å². The van der Waals surface area contributed by atoms with Crippen molar-refractivity contribution in [2.45, 2.75) is 31.6 Å². The van der Waals surface area contributed by atoms with Crippen molar-refractivity contribution in [3.63, 3.8) is 0 Å². The Hall–Kier alpha value is -2.08. The molecule has 2 aliphatic rings. The molecule has 2 atom stereocenters. The second kappa shape index (κ2) is 5.28. The number of ether oxygens (including phenoxy) is 2. The Bertz CT molecular complexity index is 701. The molecule has 1 aromatic carbocycles. The molecule has 0 saturated heterocycles. The number of aromatic nitrogens is 2. The molecule has 0 saturated carbocycles. The molecule has 2 unspecified atom stereocenters. The Morgan fingerprint density at radius 3 is 2.91 bits per heavy atom. The summed E-state index contributed by atoms with van der Waals surface area (Å²) < 4.78 is 26.8. The molecule has 0 spiro atoms. The zero-order valence-corrected chi connectivity index (χ0v) is 12.2. The van der Waals surface area contributed by atoms with Gasteiger partial charge >= 0.3 is 0 Å². The van der Waals surface area contributed by atoms with E-state index in [1.54, 1.807) is 0 Å². The lowest BCUT2D eigenvalue weighted by Gasteiger charge is -2.22. The number of nitrogens with two attached hydrogens (primary N) is 1. The van der Waals surface area contributed by atoms with Crippen LogP contribution in [-0.2, 0) is 6.54 Å². The van der Waals surface area contributed by atoms with Crippen molar-refractivity contribution in [3.05, 3.63) is 30.2 Å². The predicted octanol–water partition coefficient (Wildman–Crippen LogP) is 2.45. The second-order valence-electron chi connectivity index (χ2n) is 5.79. The minimum absolute atomic E-state index is 0.320. The summed E-state index contributed by atoms with van der Waals surface area (Å²) in [4.78, 5) is 4.58. The molecule has 2 N–H and O–H groups in total. The molecule has 1 aromatic heterocycles. The van der Waals surface area contributed by atoms with Gasteiger partial charge in [-0.05, 0) is 18.2 Å². The molecule has 4 rings (SSSR count). The maximum atomic E-state index is 13.6. The highest BCUT2D eigenvalue weighted by atomic mass is 19.1. The summed E-state index contributed by atoms with van der Waals surface area (Å²) in [6.07, 6.45) is 2.15. The van der Waals surface area contributed by atoms with E-state index in [1.165, 1.54) is 0 Å². The zero-order chi connectivity index (χ0) is 15.1. The number of imidazole rings is 1. The van der Waals surface area contributed by atoms with Crippen LogP contribution in [0.3, 0.4) is 0 Å². The summed E-state index contributed by atoms with van der Waals surface area (Å²) in [5, 5.41) is 0. The number of rotatable bonds is 1. The van der Waals surface area contributed by atoms with Crippen LogP contribution < -0.4 is 15.2 Å². The molecule has 0 radical (unpaired) electrons. The first kappa shape index (κ1) is 13.6. The van der Waals surface area contributed by atoms with Crippen LogP contribution in [0.25, 0.3) is 11.3 Å².